The Morgan fingerprint density at radius 2 is 2.20 bits per heavy atom. The quantitative estimate of drug-likeness (QED) is 0.524. The minimum Gasteiger partial charge on any atom is -0.383 e. The summed E-state index contributed by atoms with van der Waals surface area (Å²) in [6.45, 7) is 7.02. The van der Waals surface area contributed by atoms with Crippen LogP contribution in [0.1, 0.15) is 43.3 Å². The van der Waals surface area contributed by atoms with Gasteiger partial charge < -0.3 is 5.73 Å². The zero-order valence-corrected chi connectivity index (χ0v) is 16.4. The van der Waals surface area contributed by atoms with E-state index in [1.807, 2.05) is 6.07 Å². The molecule has 3 heterocycles. The lowest BCUT2D eigenvalue weighted by Gasteiger charge is -2.33. The number of hydrogen-bond donors (Lipinski definition) is 2. The molecule has 3 N–H and O–H groups in total. The third-order valence-electron chi connectivity index (χ3n) is 5.06. The number of thiophene rings is 1. The van der Waals surface area contributed by atoms with Gasteiger partial charge in [-0.05, 0) is 42.2 Å². The van der Waals surface area contributed by atoms with E-state index in [4.69, 9.17) is 10.7 Å². The average Bonchev–Trinajstić information content (AvgIpc) is 3.18. The van der Waals surface area contributed by atoms with Gasteiger partial charge in [-0.1, -0.05) is 32.5 Å². The standard InChI is InChI=1S/C18H23N5S2/c1-18(2,3)10-4-5-12-13(8-10)25-16-14(12)15(19)21-17(22-16)24-9-11-6-7-20-23-11/h6-7,10H,4-5,8-9H2,1-3H3,(H,20,23)(H2,19,21,22). The first-order chi connectivity index (χ1) is 11.9. The molecule has 5 nitrogen and oxygen atoms in total. The van der Waals surface area contributed by atoms with Crippen molar-refractivity contribution in [3.8, 4) is 0 Å². The number of aromatic nitrogens is 4. The number of H-pyrrole nitrogens is 1. The maximum atomic E-state index is 6.32. The molecule has 0 radical (unpaired) electrons. The Morgan fingerprint density at radius 1 is 1.36 bits per heavy atom. The van der Waals surface area contributed by atoms with Crippen molar-refractivity contribution in [2.75, 3.05) is 5.73 Å². The maximum absolute atomic E-state index is 6.32. The number of fused-ring (bicyclic) bond motifs is 3. The van der Waals surface area contributed by atoms with Crippen LogP contribution in [-0.2, 0) is 18.6 Å². The minimum atomic E-state index is 0.343. The van der Waals surface area contributed by atoms with Gasteiger partial charge in [-0.25, -0.2) is 9.97 Å². The lowest BCUT2D eigenvalue weighted by molar-refractivity contribution is 0.218. The summed E-state index contributed by atoms with van der Waals surface area (Å²) >= 11 is 3.40. The molecule has 0 saturated heterocycles. The largest absolute Gasteiger partial charge is 0.383 e. The van der Waals surface area contributed by atoms with E-state index in [1.165, 1.54) is 16.9 Å². The fraction of sp³-hybridized carbons (Fsp3) is 0.500. The highest BCUT2D eigenvalue weighted by molar-refractivity contribution is 7.98. The molecular weight excluding hydrogens is 350 g/mol. The van der Waals surface area contributed by atoms with Crippen LogP contribution < -0.4 is 5.73 Å². The van der Waals surface area contributed by atoms with Crippen LogP contribution in [0.25, 0.3) is 10.2 Å². The van der Waals surface area contributed by atoms with E-state index in [0.717, 1.165) is 45.6 Å². The van der Waals surface area contributed by atoms with Gasteiger partial charge in [0.05, 0.1) is 5.39 Å². The van der Waals surface area contributed by atoms with Gasteiger partial charge in [0, 0.05) is 22.5 Å². The third-order valence-corrected chi connectivity index (χ3v) is 7.10. The molecule has 0 bridgehead atoms. The molecule has 7 heteroatoms. The summed E-state index contributed by atoms with van der Waals surface area (Å²) in [5.74, 6) is 2.11. The van der Waals surface area contributed by atoms with E-state index in [2.05, 4.69) is 36.0 Å². The van der Waals surface area contributed by atoms with E-state index in [-0.39, 0.29) is 0 Å². The molecule has 0 aromatic carbocycles. The predicted octanol–water partition coefficient (Wildman–Crippen LogP) is 4.44. The SMILES string of the molecule is CC(C)(C)C1CCc2c(sc3nc(SCc4ccn[nH]4)nc(N)c23)C1. The Labute approximate surface area is 155 Å². The second-order valence-corrected chi connectivity index (χ2v) is 9.78. The van der Waals surface area contributed by atoms with Crippen molar-refractivity contribution >= 4 is 39.1 Å². The molecule has 1 aliphatic rings. The van der Waals surface area contributed by atoms with Crippen molar-refractivity contribution in [3.63, 3.8) is 0 Å². The van der Waals surface area contributed by atoms with E-state index in [9.17, 15) is 0 Å². The fourth-order valence-corrected chi connectivity index (χ4v) is 5.63. The van der Waals surface area contributed by atoms with Gasteiger partial charge >= 0.3 is 0 Å². The number of aromatic amines is 1. The van der Waals surface area contributed by atoms with Gasteiger partial charge in [-0.3, -0.25) is 5.10 Å². The van der Waals surface area contributed by atoms with Gasteiger partial charge in [0.1, 0.15) is 10.6 Å². The molecule has 1 aliphatic carbocycles. The number of rotatable bonds is 3. The van der Waals surface area contributed by atoms with Gasteiger partial charge in [0.15, 0.2) is 5.16 Å². The van der Waals surface area contributed by atoms with Crippen molar-refractivity contribution in [2.24, 2.45) is 11.3 Å². The highest BCUT2D eigenvalue weighted by atomic mass is 32.2. The van der Waals surface area contributed by atoms with Crippen LogP contribution in [-0.4, -0.2) is 20.2 Å². The van der Waals surface area contributed by atoms with Gasteiger partial charge in [0.2, 0.25) is 0 Å². The Balaban J connectivity index is 1.64. The molecule has 0 saturated carbocycles. The molecule has 1 atom stereocenters. The lowest BCUT2D eigenvalue weighted by atomic mass is 9.72. The molecule has 4 rings (SSSR count). The molecule has 0 aliphatic heterocycles. The van der Waals surface area contributed by atoms with Gasteiger partial charge in [0.25, 0.3) is 0 Å². The number of anilines is 1. The highest BCUT2D eigenvalue weighted by Gasteiger charge is 2.31. The second kappa shape index (κ2) is 6.29. The zero-order valence-electron chi connectivity index (χ0n) is 14.8. The molecular formula is C18H23N5S2. The smallest absolute Gasteiger partial charge is 0.191 e. The third kappa shape index (κ3) is 3.27. The number of nitrogens with one attached hydrogen (secondary N) is 1. The van der Waals surface area contributed by atoms with E-state index in [0.29, 0.717) is 11.2 Å². The summed E-state index contributed by atoms with van der Waals surface area (Å²) in [6, 6.07) is 1.96. The maximum Gasteiger partial charge on any atom is 0.191 e. The summed E-state index contributed by atoms with van der Waals surface area (Å²) < 4.78 is 0. The van der Waals surface area contributed by atoms with Gasteiger partial charge in [-0.2, -0.15) is 5.10 Å². The van der Waals surface area contributed by atoms with Crippen molar-refractivity contribution in [1.82, 2.24) is 20.2 Å². The van der Waals surface area contributed by atoms with Crippen molar-refractivity contribution in [2.45, 2.75) is 50.9 Å². The van der Waals surface area contributed by atoms with E-state index >= 15 is 0 Å². The molecule has 3 aromatic heterocycles. The van der Waals surface area contributed by atoms with Crippen molar-refractivity contribution in [1.29, 1.82) is 0 Å². The number of nitrogen functional groups attached to an aromatic ring is 1. The number of nitrogens with two attached hydrogens (primary N) is 1. The Hall–Kier alpha value is -1.60. The molecule has 0 spiro atoms. The lowest BCUT2D eigenvalue weighted by Crippen LogP contribution is -2.26. The zero-order chi connectivity index (χ0) is 17.6. The van der Waals surface area contributed by atoms with Crippen molar-refractivity contribution in [3.05, 3.63) is 28.4 Å². The number of hydrogen-bond acceptors (Lipinski definition) is 6. The van der Waals surface area contributed by atoms with Gasteiger partial charge in [-0.15, -0.1) is 11.3 Å². The highest BCUT2D eigenvalue weighted by Crippen LogP contribution is 2.44. The monoisotopic (exact) mass is 373 g/mol. The normalized spacial score (nSPS) is 17.8. The summed E-state index contributed by atoms with van der Waals surface area (Å²) in [5, 5.41) is 8.77. The fourth-order valence-electron chi connectivity index (χ4n) is 3.50. The van der Waals surface area contributed by atoms with E-state index < -0.39 is 0 Å². The van der Waals surface area contributed by atoms with Crippen LogP contribution in [0.2, 0.25) is 0 Å². The van der Waals surface area contributed by atoms with Crippen LogP contribution >= 0.6 is 23.1 Å². The molecule has 0 amide bonds. The average molecular weight is 374 g/mol. The summed E-state index contributed by atoms with van der Waals surface area (Å²) in [6.07, 6.45) is 5.20. The molecule has 0 fully saturated rings. The summed E-state index contributed by atoms with van der Waals surface area (Å²) in [5.41, 5.74) is 9.11. The van der Waals surface area contributed by atoms with E-state index in [1.54, 1.807) is 29.3 Å². The minimum absolute atomic E-state index is 0.343. The topological polar surface area (TPSA) is 80.5 Å². The molecule has 132 valence electrons. The molecule has 25 heavy (non-hydrogen) atoms. The van der Waals surface area contributed by atoms with Crippen molar-refractivity contribution < 1.29 is 0 Å². The first kappa shape index (κ1) is 16.8. The molecule has 3 aromatic rings. The predicted molar refractivity (Wildman–Crippen MR) is 105 cm³/mol. The summed E-state index contributed by atoms with van der Waals surface area (Å²) in [4.78, 5) is 11.8. The number of aryl methyl sites for hydroxylation is 1. The Bertz CT molecular complexity index is 892. The summed E-state index contributed by atoms with van der Waals surface area (Å²) in [7, 11) is 0. The van der Waals surface area contributed by atoms with Crippen LogP contribution in [0.15, 0.2) is 17.4 Å². The number of nitrogens with zero attached hydrogens (tertiary/aromatic N) is 3. The van der Waals surface area contributed by atoms with Crippen LogP contribution in [0.3, 0.4) is 0 Å². The van der Waals surface area contributed by atoms with Crippen LogP contribution in [0, 0.1) is 11.3 Å². The Morgan fingerprint density at radius 3 is 2.92 bits per heavy atom. The first-order valence-corrected chi connectivity index (χ1v) is 10.4. The van der Waals surface area contributed by atoms with Crippen LogP contribution in [0.5, 0.6) is 0 Å². The molecule has 1 unspecified atom stereocenters. The second-order valence-electron chi connectivity index (χ2n) is 7.75. The Kier molecular flexibility index (Phi) is 4.24. The first-order valence-electron chi connectivity index (χ1n) is 8.60. The number of thioether (sulfide) groups is 1. The van der Waals surface area contributed by atoms with Crippen LogP contribution in [0.4, 0.5) is 5.82 Å².